The molecule has 1 aromatic heterocycles. The molecule has 2 aromatic rings. The molecule has 3 fully saturated rings. The first-order valence-corrected chi connectivity index (χ1v) is 15.1. The molecule has 2 saturated carbocycles. The van der Waals surface area contributed by atoms with Gasteiger partial charge in [0.2, 0.25) is 0 Å². The highest BCUT2D eigenvalue weighted by Gasteiger charge is 2.39. The van der Waals surface area contributed by atoms with Gasteiger partial charge in [0.25, 0.3) is 5.91 Å². The zero-order valence-electron chi connectivity index (χ0n) is 23.3. The molecule has 0 spiro atoms. The van der Waals surface area contributed by atoms with Crippen LogP contribution in [0.25, 0.3) is 11.8 Å². The molecule has 1 amide bonds. The predicted molar refractivity (Wildman–Crippen MR) is 158 cm³/mol. The molecule has 0 unspecified atom stereocenters. The van der Waals surface area contributed by atoms with Gasteiger partial charge in [-0.3, -0.25) is 14.7 Å². The molecular formula is C32H43N3OS. The summed E-state index contributed by atoms with van der Waals surface area (Å²) >= 11 is 1.61. The van der Waals surface area contributed by atoms with Gasteiger partial charge in [-0.25, -0.2) is 0 Å². The average molecular weight is 518 g/mol. The lowest BCUT2D eigenvalue weighted by Gasteiger charge is -2.31. The lowest BCUT2D eigenvalue weighted by Crippen LogP contribution is -2.41. The van der Waals surface area contributed by atoms with Crippen molar-refractivity contribution in [2.75, 3.05) is 0 Å². The number of rotatable bonds is 4. The monoisotopic (exact) mass is 517 g/mol. The van der Waals surface area contributed by atoms with Crippen LogP contribution in [0.15, 0.2) is 40.2 Å². The number of aliphatic imine (C=N–C) groups is 1. The summed E-state index contributed by atoms with van der Waals surface area (Å²) in [6.45, 7) is 11.1. The van der Waals surface area contributed by atoms with E-state index in [0.717, 1.165) is 41.3 Å². The number of nitrogens with zero attached hydrogens (tertiary/aromatic N) is 3. The first-order chi connectivity index (χ1) is 17.7. The van der Waals surface area contributed by atoms with E-state index in [-0.39, 0.29) is 11.3 Å². The van der Waals surface area contributed by atoms with Crippen LogP contribution in [-0.2, 0) is 10.2 Å². The van der Waals surface area contributed by atoms with Crippen LogP contribution in [0.1, 0.15) is 107 Å². The number of carbonyl (C=O) groups excluding carboxylic acids is 1. The lowest BCUT2D eigenvalue weighted by atomic mass is 9.87. The van der Waals surface area contributed by atoms with Gasteiger partial charge in [0.05, 0.1) is 10.9 Å². The third-order valence-corrected chi connectivity index (χ3v) is 9.39. The molecule has 2 aliphatic carbocycles. The van der Waals surface area contributed by atoms with Crippen LogP contribution in [0.4, 0.5) is 0 Å². The summed E-state index contributed by atoms with van der Waals surface area (Å²) in [4.78, 5) is 21.9. The first kappa shape index (κ1) is 26.3. The highest BCUT2D eigenvalue weighted by atomic mass is 32.2. The number of aryl methyl sites for hydroxylation is 1. The van der Waals surface area contributed by atoms with E-state index in [9.17, 15) is 4.79 Å². The second-order valence-corrected chi connectivity index (χ2v) is 13.2. The van der Waals surface area contributed by atoms with Crippen molar-refractivity contribution < 1.29 is 4.79 Å². The second kappa shape index (κ2) is 10.8. The van der Waals surface area contributed by atoms with Crippen LogP contribution in [0.5, 0.6) is 0 Å². The Balaban J connectivity index is 1.46. The zero-order chi connectivity index (χ0) is 26.2. The maximum Gasteiger partial charge on any atom is 0.267 e. The first-order valence-electron chi connectivity index (χ1n) is 14.3. The van der Waals surface area contributed by atoms with Crippen molar-refractivity contribution in [1.82, 2.24) is 9.47 Å². The third-order valence-electron chi connectivity index (χ3n) is 8.39. The van der Waals surface area contributed by atoms with E-state index < -0.39 is 0 Å². The maximum atomic E-state index is 13.8. The number of thioether (sulfide) groups is 1. The summed E-state index contributed by atoms with van der Waals surface area (Å²) in [5.74, 6) is 0.158. The number of hydrogen-bond donors (Lipinski definition) is 0. The lowest BCUT2D eigenvalue weighted by molar-refractivity contribution is -0.124. The Bertz CT molecular complexity index is 1190. The second-order valence-electron chi connectivity index (χ2n) is 12.2. The highest BCUT2D eigenvalue weighted by Crippen LogP contribution is 2.39. The van der Waals surface area contributed by atoms with Gasteiger partial charge in [-0.15, -0.1) is 0 Å². The van der Waals surface area contributed by atoms with Gasteiger partial charge in [0.15, 0.2) is 5.17 Å². The molecule has 5 rings (SSSR count). The van der Waals surface area contributed by atoms with Gasteiger partial charge in [0.1, 0.15) is 0 Å². The molecule has 1 aliphatic heterocycles. The summed E-state index contributed by atoms with van der Waals surface area (Å²) in [5, 5.41) is 0.960. The number of amides is 1. The van der Waals surface area contributed by atoms with Crippen molar-refractivity contribution in [3.05, 3.63) is 57.8 Å². The Morgan fingerprint density at radius 1 is 0.919 bits per heavy atom. The molecule has 3 aliphatic rings. The van der Waals surface area contributed by atoms with Crippen LogP contribution >= 0.6 is 11.8 Å². The largest absolute Gasteiger partial charge is 0.318 e. The normalized spacial score (nSPS) is 22.5. The van der Waals surface area contributed by atoms with Crippen molar-refractivity contribution in [3.63, 3.8) is 0 Å². The third kappa shape index (κ3) is 5.62. The Labute approximate surface area is 227 Å². The minimum Gasteiger partial charge on any atom is -0.318 e. The Hall–Kier alpha value is -2.27. The molecule has 1 aromatic carbocycles. The van der Waals surface area contributed by atoms with Crippen LogP contribution in [0.2, 0.25) is 0 Å². The fourth-order valence-corrected chi connectivity index (χ4v) is 7.29. The minimum atomic E-state index is 0.135. The molecule has 0 radical (unpaired) electrons. The maximum absolute atomic E-state index is 13.8. The molecule has 37 heavy (non-hydrogen) atoms. The number of aromatic nitrogens is 1. The Morgan fingerprint density at radius 3 is 2.16 bits per heavy atom. The van der Waals surface area contributed by atoms with Gasteiger partial charge in [-0.05, 0) is 92.1 Å². The molecule has 0 N–H and O–H groups in total. The van der Waals surface area contributed by atoms with E-state index in [2.05, 4.69) is 80.5 Å². The summed E-state index contributed by atoms with van der Waals surface area (Å²) in [7, 11) is 0. The van der Waals surface area contributed by atoms with Crippen molar-refractivity contribution >= 4 is 28.9 Å². The number of amidine groups is 1. The molecule has 0 atom stereocenters. The summed E-state index contributed by atoms with van der Waals surface area (Å²) in [5.41, 5.74) is 6.11. The summed E-state index contributed by atoms with van der Waals surface area (Å²) in [6.07, 6.45) is 14.2. The smallest absolute Gasteiger partial charge is 0.267 e. The van der Waals surface area contributed by atoms with Crippen molar-refractivity contribution in [1.29, 1.82) is 0 Å². The summed E-state index contributed by atoms with van der Waals surface area (Å²) < 4.78 is 2.30. The molecule has 2 heterocycles. The van der Waals surface area contributed by atoms with E-state index in [4.69, 9.17) is 4.99 Å². The minimum absolute atomic E-state index is 0.135. The Kier molecular flexibility index (Phi) is 7.72. The highest BCUT2D eigenvalue weighted by molar-refractivity contribution is 8.18. The van der Waals surface area contributed by atoms with Gasteiger partial charge in [-0.2, -0.15) is 0 Å². The van der Waals surface area contributed by atoms with Crippen molar-refractivity contribution in [3.8, 4) is 5.69 Å². The van der Waals surface area contributed by atoms with Crippen LogP contribution < -0.4 is 0 Å². The van der Waals surface area contributed by atoms with Crippen LogP contribution in [0.3, 0.4) is 0 Å². The molecule has 4 nitrogen and oxygen atoms in total. The quantitative estimate of drug-likeness (QED) is 0.382. The van der Waals surface area contributed by atoms with Gasteiger partial charge in [0, 0.05) is 23.1 Å². The van der Waals surface area contributed by atoms with Gasteiger partial charge in [-0.1, -0.05) is 71.4 Å². The van der Waals surface area contributed by atoms with Gasteiger partial charge < -0.3 is 4.57 Å². The van der Waals surface area contributed by atoms with E-state index in [1.54, 1.807) is 11.8 Å². The number of carbonyl (C=O) groups is 1. The summed E-state index contributed by atoms with van der Waals surface area (Å²) in [6, 6.07) is 11.8. The van der Waals surface area contributed by atoms with Gasteiger partial charge >= 0.3 is 0 Å². The average Bonchev–Trinajstić information content (AvgIpc) is 3.34. The number of benzene rings is 1. The van der Waals surface area contributed by atoms with Crippen molar-refractivity contribution in [2.45, 2.75) is 116 Å². The molecule has 5 heteroatoms. The Morgan fingerprint density at radius 2 is 1.54 bits per heavy atom. The molecule has 198 valence electrons. The predicted octanol–water partition coefficient (Wildman–Crippen LogP) is 8.33. The fraction of sp³-hybridized carbons (Fsp3) is 0.562. The molecule has 1 saturated heterocycles. The van der Waals surface area contributed by atoms with E-state index in [1.807, 2.05) is 0 Å². The standard InChI is InChI=1S/C32H43N3OS/c1-22-20-24(23(2)34(22)28-18-16-25(17-19-28)32(3,4)5)21-29-30(36)35(27-14-10-7-11-15-27)31(37-29)33-26-12-8-6-9-13-26/h16-21,26-27H,6-15H2,1-5H3/b29-21-,33-31?. The van der Waals surface area contributed by atoms with Crippen LogP contribution in [-0.4, -0.2) is 32.6 Å². The van der Waals surface area contributed by atoms with E-state index in [1.165, 1.54) is 61.2 Å². The fourth-order valence-electron chi connectivity index (χ4n) is 6.19. The zero-order valence-corrected chi connectivity index (χ0v) is 24.2. The van der Waals surface area contributed by atoms with E-state index in [0.29, 0.717) is 12.1 Å². The van der Waals surface area contributed by atoms with E-state index >= 15 is 0 Å². The van der Waals surface area contributed by atoms with Crippen molar-refractivity contribution in [2.24, 2.45) is 4.99 Å². The van der Waals surface area contributed by atoms with Crippen LogP contribution in [0, 0.1) is 13.8 Å². The SMILES string of the molecule is Cc1cc(/C=C2\SC(=NC3CCCCC3)N(C3CCCCC3)C2=O)c(C)n1-c1ccc(C(C)(C)C)cc1. The molecular weight excluding hydrogens is 474 g/mol. The topological polar surface area (TPSA) is 37.6 Å². The molecule has 0 bridgehead atoms. The number of hydrogen-bond acceptors (Lipinski definition) is 3.